The quantitative estimate of drug-likeness (QED) is 0.232. The zero-order valence-electron chi connectivity index (χ0n) is 23.4. The number of rotatable bonds is 14. The number of aliphatic carboxylic acids is 1. The second kappa shape index (κ2) is 14.3. The van der Waals surface area contributed by atoms with Crippen molar-refractivity contribution in [2.24, 2.45) is 17.6 Å². The number of carbonyl (C=O) groups is 4. The summed E-state index contributed by atoms with van der Waals surface area (Å²) in [4.78, 5) is 50.7. The standard InChI is InChI=1S/C29H41N3O8/c1-29(2,3)40-28(37)31-23(12-8-14-38-13-7-11-20-15-22(20)27(35)36)26(34)32-17-21(16-24(32)25(30)33)39-18-19-9-5-4-6-10-19/h4-7,9-11,20-24H,8,12-18H2,1-3H3,(H2,30,33)(H,31,37)(H,35,36)/b11-7-/t20-,21-,22+,23+,24+/m1/s1. The molecule has 1 aromatic rings. The predicted octanol–water partition coefficient (Wildman–Crippen LogP) is 2.63. The molecule has 0 spiro atoms. The molecule has 40 heavy (non-hydrogen) atoms. The van der Waals surface area contributed by atoms with Crippen LogP contribution in [0, 0.1) is 11.8 Å². The van der Waals surface area contributed by atoms with Gasteiger partial charge in [-0.05, 0) is 51.5 Å². The maximum Gasteiger partial charge on any atom is 0.408 e. The Labute approximate surface area is 235 Å². The van der Waals surface area contributed by atoms with Crippen molar-refractivity contribution < 1.29 is 38.5 Å². The van der Waals surface area contributed by atoms with Gasteiger partial charge in [0.25, 0.3) is 0 Å². The highest BCUT2D eigenvalue weighted by Gasteiger charge is 2.42. The molecule has 11 heteroatoms. The first-order chi connectivity index (χ1) is 18.9. The van der Waals surface area contributed by atoms with E-state index >= 15 is 0 Å². The van der Waals surface area contributed by atoms with E-state index in [9.17, 15) is 19.2 Å². The van der Waals surface area contributed by atoms with E-state index < -0.39 is 41.6 Å². The van der Waals surface area contributed by atoms with Gasteiger partial charge >= 0.3 is 12.1 Å². The van der Waals surface area contributed by atoms with Crippen molar-refractivity contribution in [2.45, 2.75) is 76.9 Å². The Balaban J connectivity index is 1.56. The van der Waals surface area contributed by atoms with Crippen LogP contribution in [-0.2, 0) is 35.2 Å². The molecule has 2 aliphatic rings. The van der Waals surface area contributed by atoms with Gasteiger partial charge in [-0.25, -0.2) is 4.79 Å². The maximum absolute atomic E-state index is 13.6. The molecule has 1 aliphatic carbocycles. The number of carbonyl (C=O) groups excluding carboxylic acids is 3. The van der Waals surface area contributed by atoms with Gasteiger partial charge in [-0.15, -0.1) is 0 Å². The molecule has 0 unspecified atom stereocenters. The van der Waals surface area contributed by atoms with Crippen LogP contribution < -0.4 is 11.1 Å². The molecule has 0 radical (unpaired) electrons. The van der Waals surface area contributed by atoms with E-state index in [1.165, 1.54) is 4.90 Å². The summed E-state index contributed by atoms with van der Waals surface area (Å²) in [5.41, 5.74) is 5.86. The fourth-order valence-electron chi connectivity index (χ4n) is 4.61. The average molecular weight is 560 g/mol. The van der Waals surface area contributed by atoms with Crippen molar-refractivity contribution >= 4 is 23.9 Å². The number of carboxylic acid groups (broad SMARTS) is 1. The second-order valence-corrected chi connectivity index (χ2v) is 11.3. The molecule has 4 N–H and O–H groups in total. The van der Waals surface area contributed by atoms with Gasteiger partial charge < -0.3 is 35.3 Å². The number of carboxylic acids is 1. The Morgan fingerprint density at radius 3 is 2.52 bits per heavy atom. The monoisotopic (exact) mass is 559 g/mol. The first-order valence-corrected chi connectivity index (χ1v) is 13.7. The van der Waals surface area contributed by atoms with Crippen molar-refractivity contribution in [3.63, 3.8) is 0 Å². The molecule has 1 heterocycles. The molecule has 1 saturated carbocycles. The molecule has 3 amide bonds. The molecule has 5 atom stereocenters. The van der Waals surface area contributed by atoms with Gasteiger partial charge in [0.2, 0.25) is 11.8 Å². The minimum atomic E-state index is -0.952. The lowest BCUT2D eigenvalue weighted by Gasteiger charge is -2.28. The number of hydrogen-bond acceptors (Lipinski definition) is 7. The third-order valence-corrected chi connectivity index (χ3v) is 6.73. The van der Waals surface area contributed by atoms with Gasteiger partial charge in [0, 0.05) is 19.6 Å². The molecule has 1 aromatic carbocycles. The Hall–Kier alpha value is -3.44. The van der Waals surface area contributed by atoms with E-state index in [4.69, 9.17) is 25.1 Å². The smallest absolute Gasteiger partial charge is 0.408 e. The summed E-state index contributed by atoms with van der Waals surface area (Å²) < 4.78 is 16.9. The van der Waals surface area contributed by atoms with E-state index in [1.54, 1.807) is 26.8 Å². The number of hydrogen-bond donors (Lipinski definition) is 3. The Bertz CT molecular complexity index is 1060. The zero-order valence-corrected chi connectivity index (χ0v) is 23.4. The summed E-state index contributed by atoms with van der Waals surface area (Å²) in [6, 6.07) is 7.78. The number of nitrogens with zero attached hydrogens (tertiary/aromatic N) is 1. The number of allylic oxidation sites excluding steroid dienone is 1. The SMILES string of the molecule is CC(C)(C)OC(=O)N[C@@H](CCCOC/C=C\[C@@H]1C[C@@H]1C(=O)O)C(=O)N1C[C@H](OCc2ccccc2)C[C@H]1C(N)=O. The number of nitrogens with one attached hydrogen (secondary N) is 1. The van der Waals surface area contributed by atoms with Crippen molar-refractivity contribution in [3.05, 3.63) is 48.0 Å². The minimum absolute atomic E-state index is 0.0558. The van der Waals surface area contributed by atoms with Crippen LogP contribution >= 0.6 is 0 Å². The van der Waals surface area contributed by atoms with Gasteiger partial charge in [-0.2, -0.15) is 0 Å². The number of nitrogens with two attached hydrogens (primary N) is 1. The van der Waals surface area contributed by atoms with Crippen LogP contribution in [-0.4, -0.2) is 77.4 Å². The number of primary amides is 1. The summed E-state index contributed by atoms with van der Waals surface area (Å²) in [7, 11) is 0. The number of likely N-dealkylation sites (tertiary alicyclic amines) is 1. The van der Waals surface area contributed by atoms with E-state index in [2.05, 4.69) is 5.32 Å². The van der Waals surface area contributed by atoms with Crippen molar-refractivity contribution in [3.8, 4) is 0 Å². The molecular weight excluding hydrogens is 518 g/mol. The van der Waals surface area contributed by atoms with Crippen LogP contribution in [0.15, 0.2) is 42.5 Å². The maximum atomic E-state index is 13.6. The molecule has 11 nitrogen and oxygen atoms in total. The summed E-state index contributed by atoms with van der Waals surface area (Å²) in [5.74, 6) is -2.10. The third-order valence-electron chi connectivity index (χ3n) is 6.73. The summed E-state index contributed by atoms with van der Waals surface area (Å²) in [6.45, 7) is 6.32. The Morgan fingerprint density at radius 2 is 1.90 bits per heavy atom. The Morgan fingerprint density at radius 1 is 1.18 bits per heavy atom. The van der Waals surface area contributed by atoms with E-state index in [-0.39, 0.29) is 37.3 Å². The average Bonchev–Trinajstić information content (AvgIpc) is 3.54. The van der Waals surface area contributed by atoms with Crippen molar-refractivity contribution in [1.29, 1.82) is 0 Å². The lowest BCUT2D eigenvalue weighted by molar-refractivity contribution is -0.139. The number of alkyl carbamates (subject to hydrolysis) is 1. The highest BCUT2D eigenvalue weighted by atomic mass is 16.6. The fraction of sp³-hybridized carbons (Fsp3) is 0.586. The molecule has 1 saturated heterocycles. The normalized spacial score (nSPS) is 23.1. The zero-order chi connectivity index (χ0) is 29.3. The molecule has 0 bridgehead atoms. The van der Waals surface area contributed by atoms with Gasteiger partial charge in [-0.1, -0.05) is 42.5 Å². The predicted molar refractivity (Wildman–Crippen MR) is 146 cm³/mol. The van der Waals surface area contributed by atoms with E-state index in [0.717, 1.165) is 5.56 Å². The fourth-order valence-corrected chi connectivity index (χ4v) is 4.61. The van der Waals surface area contributed by atoms with Crippen LogP contribution in [0.1, 0.15) is 52.0 Å². The van der Waals surface area contributed by atoms with E-state index in [1.807, 2.05) is 36.4 Å². The highest BCUT2D eigenvalue weighted by molar-refractivity contribution is 5.91. The molecule has 0 aromatic heterocycles. The van der Waals surface area contributed by atoms with Crippen LogP contribution in [0.5, 0.6) is 0 Å². The topological polar surface area (TPSA) is 157 Å². The molecule has 1 aliphatic heterocycles. The van der Waals surface area contributed by atoms with Gasteiger partial charge in [0.1, 0.15) is 17.7 Å². The summed E-state index contributed by atoms with van der Waals surface area (Å²) in [6.07, 6.45) is 4.15. The lowest BCUT2D eigenvalue weighted by Crippen LogP contribution is -2.53. The summed E-state index contributed by atoms with van der Waals surface area (Å²) >= 11 is 0. The third kappa shape index (κ3) is 9.95. The number of ether oxygens (including phenoxy) is 3. The minimum Gasteiger partial charge on any atom is -0.481 e. The molecular formula is C29H41N3O8. The molecule has 220 valence electrons. The van der Waals surface area contributed by atoms with Crippen LogP contribution in [0.3, 0.4) is 0 Å². The summed E-state index contributed by atoms with van der Waals surface area (Å²) in [5, 5.41) is 11.6. The lowest BCUT2D eigenvalue weighted by atomic mass is 10.1. The van der Waals surface area contributed by atoms with Gasteiger partial charge in [-0.3, -0.25) is 14.4 Å². The first kappa shape index (κ1) is 31.1. The number of amides is 3. The van der Waals surface area contributed by atoms with Crippen molar-refractivity contribution in [2.75, 3.05) is 19.8 Å². The van der Waals surface area contributed by atoms with Gasteiger partial charge in [0.15, 0.2) is 0 Å². The van der Waals surface area contributed by atoms with Crippen molar-refractivity contribution in [1.82, 2.24) is 10.2 Å². The van der Waals surface area contributed by atoms with Crippen LogP contribution in [0.4, 0.5) is 4.79 Å². The molecule has 2 fully saturated rings. The number of benzene rings is 1. The first-order valence-electron chi connectivity index (χ1n) is 13.7. The largest absolute Gasteiger partial charge is 0.481 e. The highest BCUT2D eigenvalue weighted by Crippen LogP contribution is 2.39. The van der Waals surface area contributed by atoms with Gasteiger partial charge in [0.05, 0.1) is 25.2 Å². The molecule has 3 rings (SSSR count). The van der Waals surface area contributed by atoms with Crippen LogP contribution in [0.25, 0.3) is 0 Å². The van der Waals surface area contributed by atoms with E-state index in [0.29, 0.717) is 32.7 Å². The Kier molecular flexibility index (Phi) is 11.1. The second-order valence-electron chi connectivity index (χ2n) is 11.3. The van der Waals surface area contributed by atoms with Crippen LogP contribution in [0.2, 0.25) is 0 Å².